The number of hydrogen-bond acceptors (Lipinski definition) is 10. The van der Waals surface area contributed by atoms with Crippen LogP contribution in [0.2, 0.25) is 0 Å². The topological polar surface area (TPSA) is 141 Å². The van der Waals surface area contributed by atoms with Crippen LogP contribution in [0.3, 0.4) is 0 Å². The van der Waals surface area contributed by atoms with Gasteiger partial charge in [-0.2, -0.15) is 4.98 Å². The summed E-state index contributed by atoms with van der Waals surface area (Å²) >= 11 is 0. The highest BCUT2D eigenvalue weighted by Crippen LogP contribution is 2.38. The summed E-state index contributed by atoms with van der Waals surface area (Å²) in [7, 11) is 1.70. The van der Waals surface area contributed by atoms with Crippen LogP contribution >= 0.6 is 0 Å². The Labute approximate surface area is 253 Å². The minimum atomic E-state index is -1.09. The van der Waals surface area contributed by atoms with Crippen molar-refractivity contribution in [2.45, 2.75) is 32.7 Å². The number of rotatable bonds is 8. The highest BCUT2D eigenvalue weighted by molar-refractivity contribution is 5.93. The van der Waals surface area contributed by atoms with Gasteiger partial charge in [-0.3, -0.25) is 13.9 Å². The van der Waals surface area contributed by atoms with Crippen molar-refractivity contribution in [2.24, 2.45) is 7.05 Å². The first kappa shape index (κ1) is 29.4. The second-order valence-corrected chi connectivity index (χ2v) is 11.1. The van der Waals surface area contributed by atoms with Gasteiger partial charge in [0.25, 0.3) is 5.56 Å². The number of morpholine rings is 1. The minimum absolute atomic E-state index is 0.260. The third-order valence-electron chi connectivity index (χ3n) is 8.26. The molecule has 0 bridgehead atoms. The lowest BCUT2D eigenvalue weighted by Gasteiger charge is -2.35. The molecule has 0 aliphatic carbocycles. The number of aromatic nitrogens is 4. The zero-order chi connectivity index (χ0) is 31.0. The van der Waals surface area contributed by atoms with Crippen LogP contribution in [0.5, 0.6) is 11.5 Å². The van der Waals surface area contributed by atoms with Crippen molar-refractivity contribution >= 4 is 39.5 Å². The Balaban J connectivity index is 1.38. The first-order chi connectivity index (χ1) is 21.2. The summed E-state index contributed by atoms with van der Waals surface area (Å²) in [6.45, 7) is 7.14. The molecule has 4 aromatic rings. The second kappa shape index (κ2) is 12.2. The first-order valence-electron chi connectivity index (χ1n) is 14.9. The summed E-state index contributed by atoms with van der Waals surface area (Å²) < 4.78 is 19.9. The molecule has 2 aromatic carbocycles. The number of ether oxygens (including phenoxy) is 3. The molecular weight excluding hydrogens is 568 g/mol. The molecular formula is C31H36N6O7. The molecule has 2 aliphatic heterocycles. The molecule has 6 rings (SSSR count). The standard InChI is InChI=1S/C31H36N6O7/c1-4-43-25-16-21-23(17-26(25)44-18-27(38)39)32-30(36-11-13-42-14-12-36)33-28(21)35-9-7-20(8-10-35)37-29(40)22-15-19(2)5-6-24(22)34(3)31(37)41/h5-6,15-17,20H,4,7-14,18H2,1-3H3,(H,38,39). The Morgan fingerprint density at radius 3 is 2.41 bits per heavy atom. The quantitative estimate of drug-likeness (QED) is 0.317. The van der Waals surface area contributed by atoms with E-state index in [1.54, 1.807) is 23.7 Å². The Kier molecular flexibility index (Phi) is 8.13. The molecule has 2 aromatic heterocycles. The van der Waals surface area contributed by atoms with Gasteiger partial charge in [0.1, 0.15) is 5.82 Å². The van der Waals surface area contributed by atoms with E-state index in [0.29, 0.717) is 98.5 Å². The fourth-order valence-electron chi connectivity index (χ4n) is 6.03. The molecule has 0 amide bonds. The molecule has 232 valence electrons. The molecule has 0 atom stereocenters. The molecule has 0 spiro atoms. The maximum atomic E-state index is 13.6. The van der Waals surface area contributed by atoms with E-state index in [9.17, 15) is 19.5 Å². The van der Waals surface area contributed by atoms with Gasteiger partial charge in [-0.05, 0) is 44.9 Å². The largest absolute Gasteiger partial charge is 0.490 e. The third-order valence-corrected chi connectivity index (χ3v) is 8.26. The van der Waals surface area contributed by atoms with E-state index in [4.69, 9.17) is 24.2 Å². The number of aliphatic carboxylic acids is 1. The maximum absolute atomic E-state index is 13.6. The van der Waals surface area contributed by atoms with Crippen molar-refractivity contribution in [1.29, 1.82) is 0 Å². The fraction of sp³-hybridized carbons (Fsp3) is 0.452. The number of fused-ring (bicyclic) bond motifs is 2. The Morgan fingerprint density at radius 1 is 0.977 bits per heavy atom. The molecule has 2 aliphatic rings. The van der Waals surface area contributed by atoms with E-state index in [1.165, 1.54) is 4.57 Å². The van der Waals surface area contributed by atoms with Gasteiger partial charge in [0.15, 0.2) is 18.1 Å². The summed E-state index contributed by atoms with van der Waals surface area (Å²) in [5, 5.41) is 10.5. The third kappa shape index (κ3) is 5.54. The lowest BCUT2D eigenvalue weighted by Crippen LogP contribution is -2.45. The summed E-state index contributed by atoms with van der Waals surface area (Å²) in [4.78, 5) is 52.2. The number of anilines is 2. The Morgan fingerprint density at radius 2 is 1.70 bits per heavy atom. The maximum Gasteiger partial charge on any atom is 0.341 e. The van der Waals surface area contributed by atoms with Crippen LogP contribution in [0.4, 0.5) is 11.8 Å². The molecule has 0 unspecified atom stereocenters. The van der Waals surface area contributed by atoms with Crippen molar-refractivity contribution in [3.8, 4) is 11.5 Å². The number of carboxylic acids is 1. The molecule has 13 nitrogen and oxygen atoms in total. The van der Waals surface area contributed by atoms with Crippen LogP contribution in [-0.4, -0.2) is 82.8 Å². The lowest BCUT2D eigenvalue weighted by atomic mass is 10.0. The van der Waals surface area contributed by atoms with Crippen LogP contribution in [0, 0.1) is 6.92 Å². The van der Waals surface area contributed by atoms with Gasteiger partial charge in [0.2, 0.25) is 5.95 Å². The molecule has 4 heterocycles. The Hall–Kier alpha value is -4.65. The molecule has 2 saturated heterocycles. The van der Waals surface area contributed by atoms with Crippen molar-refractivity contribution in [1.82, 2.24) is 19.1 Å². The zero-order valence-electron chi connectivity index (χ0n) is 25.1. The van der Waals surface area contributed by atoms with Crippen LogP contribution in [0.25, 0.3) is 21.8 Å². The van der Waals surface area contributed by atoms with Crippen molar-refractivity contribution < 1.29 is 24.1 Å². The van der Waals surface area contributed by atoms with Gasteiger partial charge in [-0.15, -0.1) is 0 Å². The lowest BCUT2D eigenvalue weighted by molar-refractivity contribution is -0.139. The number of carbonyl (C=O) groups is 1. The predicted molar refractivity (Wildman–Crippen MR) is 166 cm³/mol. The number of piperidine rings is 1. The van der Waals surface area contributed by atoms with Crippen LogP contribution < -0.4 is 30.5 Å². The average molecular weight is 605 g/mol. The van der Waals surface area contributed by atoms with E-state index >= 15 is 0 Å². The van der Waals surface area contributed by atoms with Gasteiger partial charge in [-0.25, -0.2) is 14.6 Å². The summed E-state index contributed by atoms with van der Waals surface area (Å²) in [5.41, 5.74) is 1.60. The van der Waals surface area contributed by atoms with Gasteiger partial charge in [0.05, 0.1) is 36.2 Å². The number of carboxylic acid groups (broad SMARTS) is 1. The first-order valence-corrected chi connectivity index (χ1v) is 14.9. The van der Waals surface area contributed by atoms with Gasteiger partial charge < -0.3 is 29.1 Å². The summed E-state index contributed by atoms with van der Waals surface area (Å²) in [5.74, 6) is 0.848. The van der Waals surface area contributed by atoms with E-state index in [0.717, 1.165) is 10.9 Å². The Bertz CT molecular complexity index is 1840. The van der Waals surface area contributed by atoms with Crippen molar-refractivity contribution in [3.63, 3.8) is 0 Å². The highest BCUT2D eigenvalue weighted by atomic mass is 16.5. The molecule has 44 heavy (non-hydrogen) atoms. The van der Waals surface area contributed by atoms with Crippen LogP contribution in [-0.2, 0) is 16.6 Å². The van der Waals surface area contributed by atoms with Crippen molar-refractivity contribution in [3.05, 3.63) is 56.7 Å². The van der Waals surface area contributed by atoms with E-state index in [2.05, 4.69) is 9.80 Å². The summed E-state index contributed by atoms with van der Waals surface area (Å²) in [6.07, 6.45) is 1.14. The van der Waals surface area contributed by atoms with E-state index in [-0.39, 0.29) is 17.3 Å². The van der Waals surface area contributed by atoms with E-state index in [1.807, 2.05) is 32.0 Å². The van der Waals surface area contributed by atoms with Gasteiger partial charge in [-0.1, -0.05) is 11.6 Å². The van der Waals surface area contributed by atoms with E-state index < -0.39 is 12.6 Å². The number of aryl methyl sites for hydroxylation is 2. The number of nitrogens with zero attached hydrogens (tertiary/aromatic N) is 6. The SMILES string of the molecule is CCOc1cc2c(N3CCC(n4c(=O)c5cc(C)ccc5n(C)c4=O)CC3)nc(N3CCOCC3)nc2cc1OCC(=O)O. The molecule has 1 N–H and O–H groups in total. The van der Waals surface area contributed by atoms with Crippen LogP contribution in [0.1, 0.15) is 31.4 Å². The highest BCUT2D eigenvalue weighted by Gasteiger charge is 2.28. The smallest absolute Gasteiger partial charge is 0.341 e. The molecule has 13 heteroatoms. The number of benzene rings is 2. The van der Waals surface area contributed by atoms with Crippen molar-refractivity contribution in [2.75, 3.05) is 62.4 Å². The molecule has 0 saturated carbocycles. The van der Waals surface area contributed by atoms with Gasteiger partial charge >= 0.3 is 11.7 Å². The normalized spacial score (nSPS) is 16.1. The van der Waals surface area contributed by atoms with Gasteiger partial charge in [0, 0.05) is 50.7 Å². The van der Waals surface area contributed by atoms with Crippen LogP contribution in [0.15, 0.2) is 39.9 Å². The second-order valence-electron chi connectivity index (χ2n) is 11.1. The molecule has 0 radical (unpaired) electrons. The minimum Gasteiger partial charge on any atom is -0.490 e. The number of hydrogen-bond donors (Lipinski definition) is 1. The molecule has 2 fully saturated rings. The zero-order valence-corrected chi connectivity index (χ0v) is 25.1. The monoisotopic (exact) mass is 604 g/mol. The summed E-state index contributed by atoms with van der Waals surface area (Å²) in [6, 6.07) is 8.80. The average Bonchev–Trinajstić information content (AvgIpc) is 3.03. The fourth-order valence-corrected chi connectivity index (χ4v) is 6.03. The predicted octanol–water partition coefficient (Wildman–Crippen LogP) is 2.49.